The first kappa shape index (κ1) is 19.7. The molecule has 2 aromatic carbocycles. The van der Waals surface area contributed by atoms with E-state index in [0.29, 0.717) is 13.1 Å². The minimum absolute atomic E-state index is 0.102. The maximum atomic E-state index is 13.7. The van der Waals surface area contributed by atoms with Gasteiger partial charge in [-0.1, -0.05) is 61.5 Å². The zero-order chi connectivity index (χ0) is 21.2. The molecule has 0 N–H and O–H groups in total. The van der Waals surface area contributed by atoms with Crippen LogP contribution in [-0.4, -0.2) is 21.0 Å². The predicted molar refractivity (Wildman–Crippen MR) is 125 cm³/mol. The molecule has 3 heterocycles. The smallest absolute Gasteiger partial charge is 0.257 e. The second-order valence-electron chi connectivity index (χ2n) is 8.29. The third-order valence-corrected chi connectivity index (χ3v) is 6.37. The summed E-state index contributed by atoms with van der Waals surface area (Å²) >= 11 is 0. The van der Waals surface area contributed by atoms with Gasteiger partial charge in [0.1, 0.15) is 5.65 Å². The quantitative estimate of drug-likeness (QED) is 0.485. The van der Waals surface area contributed by atoms with Gasteiger partial charge < -0.3 is 0 Å². The Morgan fingerprint density at radius 1 is 0.871 bits per heavy atom. The molecule has 0 fully saturated rings. The fraction of sp³-hybridized carbons (Fsp3) is 0.259. The molecule has 0 saturated carbocycles. The van der Waals surface area contributed by atoms with Gasteiger partial charge in [-0.15, -0.1) is 0 Å². The number of hydrogen-bond acceptors (Lipinski definition) is 3. The van der Waals surface area contributed by atoms with E-state index in [1.54, 1.807) is 6.20 Å². The number of nitrogens with zero attached hydrogens (tertiary/aromatic N) is 3. The lowest BCUT2D eigenvalue weighted by atomic mass is 9.96. The van der Waals surface area contributed by atoms with Gasteiger partial charge >= 0.3 is 0 Å². The second-order valence-corrected chi connectivity index (χ2v) is 8.29. The molecular weight excluding hydrogens is 382 g/mol. The number of pyridine rings is 2. The number of rotatable bonds is 5. The lowest BCUT2D eigenvalue weighted by Crippen LogP contribution is -2.37. The monoisotopic (exact) mass is 409 g/mol. The van der Waals surface area contributed by atoms with Crippen molar-refractivity contribution in [3.63, 3.8) is 0 Å². The number of benzene rings is 2. The van der Waals surface area contributed by atoms with Crippen LogP contribution in [0, 0.1) is 0 Å². The van der Waals surface area contributed by atoms with Crippen LogP contribution in [0.25, 0.3) is 11.0 Å². The van der Waals surface area contributed by atoms with Crippen LogP contribution in [-0.2, 0) is 32.5 Å². The molecule has 0 bridgehead atoms. The van der Waals surface area contributed by atoms with Crippen LogP contribution in [0.4, 0.5) is 0 Å². The number of fused-ring (bicyclic) bond motifs is 3. The van der Waals surface area contributed by atoms with Crippen LogP contribution in [0.1, 0.15) is 34.7 Å². The van der Waals surface area contributed by atoms with E-state index in [1.165, 1.54) is 22.3 Å². The molecule has 5 rings (SSSR count). The Labute approximate surface area is 182 Å². The van der Waals surface area contributed by atoms with Crippen molar-refractivity contribution in [2.45, 2.75) is 39.4 Å². The molecule has 4 heteroatoms. The normalized spacial score (nSPS) is 14.0. The predicted octanol–water partition coefficient (Wildman–Crippen LogP) is 4.57. The highest BCUT2D eigenvalue weighted by atomic mass is 16.1. The van der Waals surface area contributed by atoms with Gasteiger partial charge in [0, 0.05) is 36.8 Å². The molecule has 4 aromatic rings. The standard InChI is InChI=1S/C27H27N3O/c1-2-21-11-6-7-12-22(21)18-30-26-24(13-8-15-28-26)23-14-16-29(19-25(23)27(30)31)17-20-9-4-3-5-10-20/h3-13,15H,2,14,16-19H2,1H3. The SMILES string of the molecule is CCc1ccccc1Cn1c(=O)c2c(c3cccnc31)CCN(Cc1ccccc1)C2. The van der Waals surface area contributed by atoms with Crippen LogP contribution in [0.5, 0.6) is 0 Å². The van der Waals surface area contributed by atoms with E-state index in [2.05, 4.69) is 71.4 Å². The third kappa shape index (κ3) is 3.79. The molecule has 31 heavy (non-hydrogen) atoms. The van der Waals surface area contributed by atoms with Crippen LogP contribution >= 0.6 is 0 Å². The average Bonchev–Trinajstić information content (AvgIpc) is 2.82. The zero-order valence-corrected chi connectivity index (χ0v) is 17.9. The van der Waals surface area contributed by atoms with Crippen molar-refractivity contribution in [2.75, 3.05) is 6.54 Å². The lowest BCUT2D eigenvalue weighted by Gasteiger charge is -2.30. The first-order valence-electron chi connectivity index (χ1n) is 11.1. The van der Waals surface area contributed by atoms with E-state index in [9.17, 15) is 4.79 Å². The summed E-state index contributed by atoms with van der Waals surface area (Å²) in [6.07, 6.45) is 3.62. The molecule has 0 saturated heterocycles. The zero-order valence-electron chi connectivity index (χ0n) is 17.9. The van der Waals surface area contributed by atoms with E-state index in [0.717, 1.165) is 42.5 Å². The summed E-state index contributed by atoms with van der Waals surface area (Å²) in [6, 6.07) is 23.0. The van der Waals surface area contributed by atoms with Gasteiger partial charge in [0.05, 0.1) is 6.54 Å². The second kappa shape index (κ2) is 8.48. The van der Waals surface area contributed by atoms with Crippen molar-refractivity contribution in [1.82, 2.24) is 14.5 Å². The summed E-state index contributed by atoms with van der Waals surface area (Å²) in [5.74, 6) is 0. The molecule has 0 spiro atoms. The van der Waals surface area contributed by atoms with Crippen LogP contribution < -0.4 is 5.56 Å². The Kier molecular flexibility index (Phi) is 5.39. The minimum Gasteiger partial charge on any atom is -0.294 e. The highest BCUT2D eigenvalue weighted by Crippen LogP contribution is 2.26. The van der Waals surface area contributed by atoms with Crippen molar-refractivity contribution in [3.8, 4) is 0 Å². The summed E-state index contributed by atoms with van der Waals surface area (Å²) in [6.45, 7) is 5.22. The van der Waals surface area contributed by atoms with E-state index in [4.69, 9.17) is 0 Å². The molecule has 0 amide bonds. The fourth-order valence-electron chi connectivity index (χ4n) is 4.77. The Hall–Kier alpha value is -3.24. The van der Waals surface area contributed by atoms with Gasteiger partial charge in [0.15, 0.2) is 0 Å². The van der Waals surface area contributed by atoms with E-state index >= 15 is 0 Å². The molecule has 156 valence electrons. The highest BCUT2D eigenvalue weighted by molar-refractivity contribution is 5.80. The van der Waals surface area contributed by atoms with Crippen LogP contribution in [0.15, 0.2) is 77.7 Å². The van der Waals surface area contributed by atoms with Crippen molar-refractivity contribution in [3.05, 3.63) is 111 Å². The van der Waals surface area contributed by atoms with Crippen LogP contribution in [0.2, 0.25) is 0 Å². The maximum absolute atomic E-state index is 13.7. The molecule has 0 unspecified atom stereocenters. The molecule has 0 aliphatic carbocycles. The fourth-order valence-corrected chi connectivity index (χ4v) is 4.77. The maximum Gasteiger partial charge on any atom is 0.257 e. The van der Waals surface area contributed by atoms with Gasteiger partial charge in [-0.2, -0.15) is 0 Å². The Morgan fingerprint density at radius 2 is 1.65 bits per heavy atom. The summed E-state index contributed by atoms with van der Waals surface area (Å²) < 4.78 is 1.88. The van der Waals surface area contributed by atoms with Crippen molar-refractivity contribution in [1.29, 1.82) is 0 Å². The highest BCUT2D eigenvalue weighted by Gasteiger charge is 2.24. The largest absolute Gasteiger partial charge is 0.294 e. The van der Waals surface area contributed by atoms with Crippen molar-refractivity contribution >= 4 is 11.0 Å². The minimum atomic E-state index is 0.102. The average molecular weight is 410 g/mol. The molecule has 2 aromatic heterocycles. The lowest BCUT2D eigenvalue weighted by molar-refractivity contribution is 0.244. The number of hydrogen-bond donors (Lipinski definition) is 0. The van der Waals surface area contributed by atoms with Crippen molar-refractivity contribution in [2.24, 2.45) is 0 Å². The summed E-state index contributed by atoms with van der Waals surface area (Å²) in [5.41, 5.74) is 6.76. The Bertz CT molecular complexity index is 1280. The first-order valence-corrected chi connectivity index (χ1v) is 11.1. The number of aryl methyl sites for hydroxylation is 1. The molecule has 0 atom stereocenters. The van der Waals surface area contributed by atoms with E-state index < -0.39 is 0 Å². The molecule has 1 aliphatic rings. The molecule has 1 aliphatic heterocycles. The third-order valence-electron chi connectivity index (χ3n) is 6.37. The molecular formula is C27H27N3O. The molecule has 4 nitrogen and oxygen atoms in total. The van der Waals surface area contributed by atoms with E-state index in [-0.39, 0.29) is 5.56 Å². The van der Waals surface area contributed by atoms with E-state index in [1.807, 2.05) is 16.7 Å². The van der Waals surface area contributed by atoms with Crippen molar-refractivity contribution < 1.29 is 0 Å². The Balaban J connectivity index is 1.58. The summed E-state index contributed by atoms with van der Waals surface area (Å²) in [4.78, 5) is 20.7. The Morgan fingerprint density at radius 3 is 2.45 bits per heavy atom. The summed E-state index contributed by atoms with van der Waals surface area (Å²) in [5, 5.41) is 1.12. The van der Waals surface area contributed by atoms with Gasteiger partial charge in [-0.25, -0.2) is 4.98 Å². The van der Waals surface area contributed by atoms with Gasteiger partial charge in [-0.05, 0) is 47.2 Å². The van der Waals surface area contributed by atoms with Crippen LogP contribution in [0.3, 0.4) is 0 Å². The number of aromatic nitrogens is 2. The summed E-state index contributed by atoms with van der Waals surface area (Å²) in [7, 11) is 0. The van der Waals surface area contributed by atoms with Gasteiger partial charge in [0.2, 0.25) is 0 Å². The topological polar surface area (TPSA) is 38.1 Å². The molecule has 0 radical (unpaired) electrons. The first-order chi connectivity index (χ1) is 15.2. The van der Waals surface area contributed by atoms with Gasteiger partial charge in [0.25, 0.3) is 5.56 Å². The van der Waals surface area contributed by atoms with Gasteiger partial charge in [-0.3, -0.25) is 14.3 Å².